The number of carbonyl (C=O) groups is 4. The van der Waals surface area contributed by atoms with Gasteiger partial charge in [-0.3, -0.25) is 56.6 Å². The standard InChI is InChI=1S/C17H19N3O2.3C16H17N3O2/c1-10-7-8-17(3,14(21)9-10)20-11(2)19-13-6-4-5-12(18)15(13)16(20)22;3*1-9-6-7-13(14(20)8-9)19-10(2)18-12-5-3-4-11(17)15(12)16(19)21/h4-6H,1,7-9,18H2,2-3H3;3*3-5,13H,1,6-8,17H2,2H3/t17-;2*13-;/m010./s1. The summed E-state index contributed by atoms with van der Waals surface area (Å²) in [5, 5.41) is 1.55. The van der Waals surface area contributed by atoms with E-state index in [9.17, 15) is 38.4 Å². The molecule has 0 bridgehead atoms. The molecule has 4 saturated carbocycles. The summed E-state index contributed by atoms with van der Waals surface area (Å²) in [6.45, 7) is 24.3. The molecule has 8 aromatic rings. The average molecular weight is 1150 g/mol. The van der Waals surface area contributed by atoms with Gasteiger partial charge in [0.1, 0.15) is 28.8 Å². The summed E-state index contributed by atoms with van der Waals surface area (Å²) in [6, 6.07) is 19.4. The molecule has 8 N–H and O–H groups in total. The van der Waals surface area contributed by atoms with E-state index in [1.807, 2.05) is 6.92 Å². The molecule has 4 atom stereocenters. The van der Waals surface area contributed by atoms with Crippen LogP contribution in [0.4, 0.5) is 22.7 Å². The zero-order chi connectivity index (χ0) is 61.5. The zero-order valence-corrected chi connectivity index (χ0v) is 48.6. The minimum atomic E-state index is -0.883. The average Bonchev–Trinajstić information content (AvgIpc) is 1.41. The number of Topliss-reactive ketones (excluding diaryl/α,β-unsaturated/α-hetero) is 4. The van der Waals surface area contributed by atoms with Gasteiger partial charge in [-0.15, -0.1) is 0 Å². The number of fused-ring (bicyclic) bond motifs is 4. The molecule has 4 aliphatic rings. The van der Waals surface area contributed by atoms with Crippen LogP contribution in [0, 0.1) is 27.7 Å². The van der Waals surface area contributed by atoms with Crippen LogP contribution in [0.5, 0.6) is 0 Å². The maximum atomic E-state index is 13.0. The van der Waals surface area contributed by atoms with Crippen LogP contribution in [0.1, 0.15) is 125 Å². The number of hydrogen-bond acceptors (Lipinski definition) is 16. The number of nitrogens with zero attached hydrogens (tertiary/aromatic N) is 8. The second-order valence-electron chi connectivity index (χ2n) is 22.7. The van der Waals surface area contributed by atoms with Crippen molar-refractivity contribution in [2.45, 2.75) is 135 Å². The number of benzene rings is 4. The van der Waals surface area contributed by atoms with Crippen LogP contribution in [0.15, 0.2) is 141 Å². The summed E-state index contributed by atoms with van der Waals surface area (Å²) >= 11 is 0. The molecule has 1 unspecified atom stereocenters. The largest absolute Gasteiger partial charge is 0.398 e. The lowest BCUT2D eigenvalue weighted by molar-refractivity contribution is -0.128. The third-order valence-corrected chi connectivity index (χ3v) is 16.6. The van der Waals surface area contributed by atoms with E-state index in [4.69, 9.17) is 22.9 Å². The van der Waals surface area contributed by atoms with Crippen molar-refractivity contribution >= 4 is 89.5 Å². The minimum Gasteiger partial charge on any atom is -0.398 e. The fourth-order valence-electron chi connectivity index (χ4n) is 12.2. The topological polar surface area (TPSA) is 312 Å². The molecule has 4 heterocycles. The van der Waals surface area contributed by atoms with Crippen molar-refractivity contribution in [3.63, 3.8) is 0 Å². The number of nitrogens with two attached hydrogens (primary N) is 4. The highest BCUT2D eigenvalue weighted by Crippen LogP contribution is 2.35. The van der Waals surface area contributed by atoms with Gasteiger partial charge in [0.2, 0.25) is 0 Å². The third kappa shape index (κ3) is 11.6. The molecule has 85 heavy (non-hydrogen) atoms. The van der Waals surface area contributed by atoms with Crippen LogP contribution in [0.25, 0.3) is 43.6 Å². The second-order valence-corrected chi connectivity index (χ2v) is 22.7. The van der Waals surface area contributed by atoms with Gasteiger partial charge in [0.25, 0.3) is 22.2 Å². The SMILES string of the molecule is C=C1CCC(n2c(C)nc3cccc(N)c3c2=O)C(=O)C1.C=C1CC[C@@H](n2c(C)nc3cccc(N)c3c2=O)C(=O)C1.C=C1CC[C@H](n2c(C)nc3cccc(N)c3c2=O)C(=O)C1.C=C1CC[C@](C)(n2c(C)nc3cccc(N)c3c2=O)C(=O)C1. The number of aryl methyl sites for hydroxylation is 4. The van der Waals surface area contributed by atoms with E-state index < -0.39 is 23.7 Å². The molecule has 4 fully saturated rings. The number of anilines is 4. The van der Waals surface area contributed by atoms with E-state index in [0.717, 1.165) is 48.0 Å². The number of nitrogen functional groups attached to an aromatic ring is 4. The Morgan fingerprint density at radius 1 is 0.412 bits per heavy atom. The highest BCUT2D eigenvalue weighted by molar-refractivity contribution is 5.94. The van der Waals surface area contributed by atoms with Gasteiger partial charge >= 0.3 is 0 Å². The molecule has 4 aromatic heterocycles. The van der Waals surface area contributed by atoms with Crippen LogP contribution in [0.3, 0.4) is 0 Å². The normalized spacial score (nSPS) is 20.0. The van der Waals surface area contributed by atoms with Gasteiger partial charge in [0.05, 0.1) is 61.7 Å². The van der Waals surface area contributed by atoms with Crippen LogP contribution in [-0.4, -0.2) is 61.3 Å². The number of carbonyl (C=O) groups excluding carboxylic acids is 4. The minimum absolute atomic E-state index is 0.00426. The molecule has 12 rings (SSSR count). The second kappa shape index (κ2) is 23.9. The van der Waals surface area contributed by atoms with Crippen molar-refractivity contribution in [1.82, 2.24) is 38.2 Å². The van der Waals surface area contributed by atoms with Gasteiger partial charge in [0.15, 0.2) is 23.1 Å². The van der Waals surface area contributed by atoms with E-state index in [1.54, 1.807) is 100 Å². The Bertz CT molecular complexity index is 4120. The zero-order valence-electron chi connectivity index (χ0n) is 48.6. The van der Waals surface area contributed by atoms with Crippen molar-refractivity contribution in [3.8, 4) is 0 Å². The van der Waals surface area contributed by atoms with Crippen molar-refractivity contribution in [2.24, 2.45) is 0 Å². The number of aromatic nitrogens is 8. The lowest BCUT2D eigenvalue weighted by Gasteiger charge is -2.35. The van der Waals surface area contributed by atoms with Crippen molar-refractivity contribution in [3.05, 3.63) is 186 Å². The summed E-state index contributed by atoms with van der Waals surface area (Å²) in [7, 11) is 0. The molecule has 4 aliphatic carbocycles. The molecule has 0 radical (unpaired) electrons. The smallest absolute Gasteiger partial charge is 0.264 e. The van der Waals surface area contributed by atoms with Gasteiger partial charge in [-0.05, 0) is 135 Å². The molecular formula is C65H70N12O8. The molecule has 0 spiro atoms. The van der Waals surface area contributed by atoms with Crippen molar-refractivity contribution in [2.75, 3.05) is 22.9 Å². The van der Waals surface area contributed by atoms with E-state index in [2.05, 4.69) is 46.3 Å². The molecular weight excluding hydrogens is 1080 g/mol. The van der Waals surface area contributed by atoms with Crippen molar-refractivity contribution < 1.29 is 19.2 Å². The van der Waals surface area contributed by atoms with Crippen LogP contribution in [-0.2, 0) is 24.7 Å². The predicted octanol–water partition coefficient (Wildman–Crippen LogP) is 8.72. The first-order valence-electron chi connectivity index (χ1n) is 28.2. The van der Waals surface area contributed by atoms with E-state index >= 15 is 0 Å². The Morgan fingerprint density at radius 2 is 0.694 bits per heavy atom. The first-order chi connectivity index (χ1) is 40.3. The van der Waals surface area contributed by atoms with Crippen LogP contribution < -0.4 is 45.2 Å². The molecule has 0 aliphatic heterocycles. The highest BCUT2D eigenvalue weighted by Gasteiger charge is 2.40. The Kier molecular flexibility index (Phi) is 16.8. The van der Waals surface area contributed by atoms with Gasteiger partial charge in [0, 0.05) is 48.4 Å². The van der Waals surface area contributed by atoms with Crippen LogP contribution >= 0.6 is 0 Å². The lowest BCUT2D eigenvalue weighted by atomic mass is 9.79. The Hall–Kier alpha value is -9.72. The predicted molar refractivity (Wildman–Crippen MR) is 333 cm³/mol. The number of ketones is 4. The molecule has 438 valence electrons. The molecule has 0 amide bonds. The first-order valence-corrected chi connectivity index (χ1v) is 28.2. The van der Waals surface area contributed by atoms with Crippen LogP contribution in [0.2, 0.25) is 0 Å². The molecule has 0 saturated heterocycles. The quantitative estimate of drug-likeness (QED) is 0.0945. The monoisotopic (exact) mass is 1150 g/mol. The van der Waals surface area contributed by atoms with Gasteiger partial charge in [-0.25, -0.2) is 19.9 Å². The van der Waals surface area contributed by atoms with Crippen molar-refractivity contribution in [1.29, 1.82) is 0 Å². The number of rotatable bonds is 4. The van der Waals surface area contributed by atoms with E-state index in [1.165, 1.54) is 18.3 Å². The fraction of sp³-hybridized carbons (Fsp3) is 0.323. The fourth-order valence-corrected chi connectivity index (χ4v) is 12.2. The van der Waals surface area contributed by atoms with Gasteiger partial charge in [-0.2, -0.15) is 0 Å². The summed E-state index contributed by atoms with van der Waals surface area (Å²) < 4.78 is 5.99. The highest BCUT2D eigenvalue weighted by atomic mass is 16.2. The molecule has 20 heteroatoms. The van der Waals surface area contributed by atoms with E-state index in [0.29, 0.717) is 141 Å². The number of allylic oxidation sites excluding steroid dienone is 4. The Labute approximate surface area is 489 Å². The Morgan fingerprint density at radius 3 is 0.988 bits per heavy atom. The maximum Gasteiger partial charge on any atom is 0.264 e. The molecule has 20 nitrogen and oxygen atoms in total. The summed E-state index contributed by atoms with van der Waals surface area (Å²) in [5.41, 5.74) is 29.4. The summed E-state index contributed by atoms with van der Waals surface area (Å²) in [4.78, 5) is 118. The van der Waals surface area contributed by atoms with Gasteiger partial charge in [-0.1, -0.05) is 72.9 Å². The van der Waals surface area contributed by atoms with Gasteiger partial charge < -0.3 is 22.9 Å². The third-order valence-electron chi connectivity index (χ3n) is 16.6. The summed E-state index contributed by atoms with van der Waals surface area (Å²) in [6.07, 6.45) is 6.65. The lowest BCUT2D eigenvalue weighted by Crippen LogP contribution is -2.48. The summed E-state index contributed by atoms with van der Waals surface area (Å²) in [5.74, 6) is 2.24. The molecule has 4 aromatic carbocycles. The Balaban J connectivity index is 0.000000136. The number of hydrogen-bond donors (Lipinski definition) is 4. The van der Waals surface area contributed by atoms with E-state index in [-0.39, 0.29) is 45.4 Å². The maximum absolute atomic E-state index is 13.0. The first kappa shape index (κ1) is 59.9.